The number of thiazole rings is 1. The van der Waals surface area contributed by atoms with Crippen LogP contribution in [0.5, 0.6) is 0 Å². The fraction of sp³-hybridized carbons (Fsp3) is 0.312. The molecule has 0 radical (unpaired) electrons. The molecule has 0 aliphatic carbocycles. The van der Waals surface area contributed by atoms with E-state index in [2.05, 4.69) is 81.3 Å². The standard InChI is InChI=1S/C16H18IN3S/c1-2-7-18-15(12-3-5-13(17)6-4-12)10-14-11-20-8-9-21-16(20)19-14/h3-6,8-9,11,15,18H,2,7,10H2,1H3. The van der Waals surface area contributed by atoms with Crippen LogP contribution in [0.25, 0.3) is 4.96 Å². The Bertz CT molecular complexity index is 673. The molecule has 0 saturated carbocycles. The number of aromatic nitrogens is 2. The normalized spacial score (nSPS) is 12.9. The van der Waals surface area contributed by atoms with Crippen LogP contribution in [0, 0.1) is 3.57 Å². The van der Waals surface area contributed by atoms with E-state index in [-0.39, 0.29) is 0 Å². The molecule has 0 saturated heterocycles. The van der Waals surface area contributed by atoms with Crippen LogP contribution in [0.4, 0.5) is 0 Å². The van der Waals surface area contributed by atoms with Crippen molar-refractivity contribution >= 4 is 38.9 Å². The molecule has 2 heterocycles. The molecule has 3 nitrogen and oxygen atoms in total. The van der Waals surface area contributed by atoms with Gasteiger partial charge in [-0.3, -0.25) is 4.40 Å². The molecule has 110 valence electrons. The summed E-state index contributed by atoms with van der Waals surface area (Å²) in [7, 11) is 0. The highest BCUT2D eigenvalue weighted by molar-refractivity contribution is 14.1. The molecule has 3 rings (SSSR count). The van der Waals surface area contributed by atoms with E-state index < -0.39 is 0 Å². The molecule has 0 spiro atoms. The second-order valence-corrected chi connectivity index (χ2v) is 7.21. The zero-order valence-electron chi connectivity index (χ0n) is 11.9. The maximum atomic E-state index is 4.70. The lowest BCUT2D eigenvalue weighted by atomic mass is 10.0. The third kappa shape index (κ3) is 3.64. The SMILES string of the molecule is CCCNC(Cc1cn2ccsc2n1)c1ccc(I)cc1. The minimum atomic E-state index is 0.326. The minimum absolute atomic E-state index is 0.326. The van der Waals surface area contributed by atoms with E-state index in [1.807, 2.05) is 0 Å². The number of imidazole rings is 1. The Morgan fingerprint density at radius 2 is 2.14 bits per heavy atom. The average Bonchev–Trinajstić information content (AvgIpc) is 3.05. The smallest absolute Gasteiger partial charge is 0.193 e. The van der Waals surface area contributed by atoms with Crippen LogP contribution in [0.1, 0.15) is 30.6 Å². The second-order valence-electron chi connectivity index (χ2n) is 5.09. The maximum absolute atomic E-state index is 4.70. The van der Waals surface area contributed by atoms with Gasteiger partial charge >= 0.3 is 0 Å². The molecule has 0 fully saturated rings. The van der Waals surface area contributed by atoms with Gasteiger partial charge in [-0.1, -0.05) is 19.1 Å². The van der Waals surface area contributed by atoms with Crippen molar-refractivity contribution in [1.82, 2.24) is 14.7 Å². The van der Waals surface area contributed by atoms with Crippen molar-refractivity contribution in [3.8, 4) is 0 Å². The summed E-state index contributed by atoms with van der Waals surface area (Å²) in [4.78, 5) is 5.77. The zero-order valence-corrected chi connectivity index (χ0v) is 14.9. The first-order valence-corrected chi connectivity index (χ1v) is 9.12. The van der Waals surface area contributed by atoms with Crippen molar-refractivity contribution in [3.05, 3.63) is 56.9 Å². The lowest BCUT2D eigenvalue weighted by Crippen LogP contribution is -2.24. The van der Waals surface area contributed by atoms with E-state index in [9.17, 15) is 0 Å². The molecule has 3 aromatic rings. The van der Waals surface area contributed by atoms with Crippen LogP contribution in [0.2, 0.25) is 0 Å². The zero-order chi connectivity index (χ0) is 14.7. The Labute approximate surface area is 142 Å². The van der Waals surface area contributed by atoms with Crippen molar-refractivity contribution in [2.45, 2.75) is 25.8 Å². The van der Waals surface area contributed by atoms with E-state index in [1.54, 1.807) is 11.3 Å². The topological polar surface area (TPSA) is 29.3 Å². The predicted octanol–water partition coefficient (Wildman–Crippen LogP) is 4.28. The van der Waals surface area contributed by atoms with Crippen molar-refractivity contribution in [2.24, 2.45) is 0 Å². The molecule has 1 unspecified atom stereocenters. The number of hydrogen-bond donors (Lipinski definition) is 1. The summed E-state index contributed by atoms with van der Waals surface area (Å²) in [5.74, 6) is 0. The maximum Gasteiger partial charge on any atom is 0.193 e. The Hall–Kier alpha value is -0.920. The molecule has 1 aromatic carbocycles. The summed E-state index contributed by atoms with van der Waals surface area (Å²) < 4.78 is 3.37. The Kier molecular flexibility index (Phi) is 4.92. The molecule has 0 bridgehead atoms. The molecule has 1 N–H and O–H groups in total. The summed E-state index contributed by atoms with van der Waals surface area (Å²) in [6.07, 6.45) is 6.27. The van der Waals surface area contributed by atoms with Gasteiger partial charge in [0.05, 0.1) is 5.69 Å². The fourth-order valence-corrected chi connectivity index (χ4v) is 3.48. The van der Waals surface area contributed by atoms with Gasteiger partial charge in [0.15, 0.2) is 4.96 Å². The van der Waals surface area contributed by atoms with Crippen LogP contribution < -0.4 is 5.32 Å². The van der Waals surface area contributed by atoms with E-state index in [1.165, 1.54) is 9.13 Å². The fourth-order valence-electron chi connectivity index (χ4n) is 2.41. The van der Waals surface area contributed by atoms with Gasteiger partial charge in [-0.25, -0.2) is 4.98 Å². The largest absolute Gasteiger partial charge is 0.310 e. The third-order valence-electron chi connectivity index (χ3n) is 3.47. The number of hydrogen-bond acceptors (Lipinski definition) is 3. The lowest BCUT2D eigenvalue weighted by molar-refractivity contribution is 0.525. The van der Waals surface area contributed by atoms with Gasteiger partial charge in [-0.05, 0) is 53.3 Å². The molecule has 0 aliphatic heterocycles. The van der Waals surface area contributed by atoms with Crippen LogP contribution in [-0.4, -0.2) is 15.9 Å². The summed E-state index contributed by atoms with van der Waals surface area (Å²) >= 11 is 4.03. The Morgan fingerprint density at radius 3 is 2.86 bits per heavy atom. The van der Waals surface area contributed by atoms with E-state index in [4.69, 9.17) is 4.98 Å². The highest BCUT2D eigenvalue weighted by atomic mass is 127. The number of benzene rings is 1. The Balaban J connectivity index is 1.81. The molecule has 5 heteroatoms. The molecule has 1 atom stereocenters. The summed E-state index contributed by atoms with van der Waals surface area (Å²) in [6, 6.07) is 9.09. The van der Waals surface area contributed by atoms with Gasteiger partial charge in [0.2, 0.25) is 0 Å². The van der Waals surface area contributed by atoms with E-state index in [0.29, 0.717) is 6.04 Å². The number of nitrogens with zero attached hydrogens (tertiary/aromatic N) is 2. The molecule has 21 heavy (non-hydrogen) atoms. The van der Waals surface area contributed by atoms with Crippen LogP contribution in [-0.2, 0) is 6.42 Å². The Morgan fingerprint density at radius 1 is 1.33 bits per heavy atom. The van der Waals surface area contributed by atoms with Crippen molar-refractivity contribution in [1.29, 1.82) is 0 Å². The quantitative estimate of drug-likeness (QED) is 0.614. The molecule has 0 aliphatic rings. The molecular formula is C16H18IN3S. The van der Waals surface area contributed by atoms with Gasteiger partial charge in [-0.15, -0.1) is 11.3 Å². The first kappa shape index (κ1) is 15.0. The van der Waals surface area contributed by atoms with E-state index in [0.717, 1.165) is 30.0 Å². The molecule has 0 amide bonds. The summed E-state index contributed by atoms with van der Waals surface area (Å²) in [5.41, 5.74) is 2.48. The summed E-state index contributed by atoms with van der Waals surface area (Å²) in [6.45, 7) is 3.23. The van der Waals surface area contributed by atoms with Gasteiger partial charge in [-0.2, -0.15) is 0 Å². The third-order valence-corrected chi connectivity index (χ3v) is 4.96. The number of fused-ring (bicyclic) bond motifs is 1. The van der Waals surface area contributed by atoms with Crippen LogP contribution >= 0.6 is 33.9 Å². The summed E-state index contributed by atoms with van der Waals surface area (Å²) in [5, 5.41) is 5.71. The van der Waals surface area contributed by atoms with E-state index >= 15 is 0 Å². The first-order chi connectivity index (χ1) is 10.3. The van der Waals surface area contributed by atoms with Crippen LogP contribution in [0.3, 0.4) is 0 Å². The first-order valence-electron chi connectivity index (χ1n) is 7.16. The monoisotopic (exact) mass is 411 g/mol. The predicted molar refractivity (Wildman–Crippen MR) is 97.0 cm³/mol. The highest BCUT2D eigenvalue weighted by Crippen LogP contribution is 2.21. The minimum Gasteiger partial charge on any atom is -0.310 e. The van der Waals surface area contributed by atoms with Crippen molar-refractivity contribution in [3.63, 3.8) is 0 Å². The van der Waals surface area contributed by atoms with Gasteiger partial charge in [0.25, 0.3) is 0 Å². The second kappa shape index (κ2) is 6.89. The van der Waals surface area contributed by atoms with Crippen molar-refractivity contribution in [2.75, 3.05) is 6.54 Å². The van der Waals surface area contributed by atoms with Gasteiger partial charge in [0.1, 0.15) is 0 Å². The lowest BCUT2D eigenvalue weighted by Gasteiger charge is -2.18. The number of nitrogens with one attached hydrogen (secondary N) is 1. The average molecular weight is 411 g/mol. The number of rotatable bonds is 6. The van der Waals surface area contributed by atoms with Gasteiger partial charge < -0.3 is 5.32 Å². The molecule has 2 aromatic heterocycles. The van der Waals surface area contributed by atoms with Gasteiger partial charge in [0, 0.05) is 33.8 Å². The van der Waals surface area contributed by atoms with Crippen LogP contribution in [0.15, 0.2) is 42.0 Å². The molecular weight excluding hydrogens is 393 g/mol. The van der Waals surface area contributed by atoms with Crippen molar-refractivity contribution < 1.29 is 0 Å². The highest BCUT2D eigenvalue weighted by Gasteiger charge is 2.14. The number of halogens is 1.